The molecule has 0 bridgehead atoms. The zero-order valence-corrected chi connectivity index (χ0v) is 14.6. The molecule has 4 unspecified atom stereocenters. The maximum absolute atomic E-state index is 5.97. The molecule has 0 aromatic heterocycles. The Balaban J connectivity index is 2.31. The van der Waals surface area contributed by atoms with Crippen LogP contribution in [0, 0.1) is 0 Å². The highest BCUT2D eigenvalue weighted by molar-refractivity contribution is 5.22. The molecule has 2 aromatic rings. The second kappa shape index (κ2) is 8.25. The van der Waals surface area contributed by atoms with Crippen molar-refractivity contribution in [1.82, 2.24) is 10.2 Å². The molecule has 4 atom stereocenters. The molecule has 0 aliphatic carbocycles. The minimum Gasteiger partial charge on any atom is -0.316 e. The molecule has 23 heavy (non-hydrogen) atoms. The van der Waals surface area contributed by atoms with E-state index in [0.29, 0.717) is 0 Å². The van der Waals surface area contributed by atoms with E-state index < -0.39 is 0 Å². The molecule has 124 valence electrons. The van der Waals surface area contributed by atoms with Gasteiger partial charge in [-0.25, -0.2) is 0 Å². The number of nitrogens with one attached hydrogen (secondary N) is 1. The van der Waals surface area contributed by atoms with Crippen molar-refractivity contribution < 1.29 is 0 Å². The minimum absolute atomic E-state index is 0.0431. The molecule has 3 heteroatoms. The molecule has 2 rings (SSSR count). The van der Waals surface area contributed by atoms with Crippen LogP contribution in [-0.2, 0) is 0 Å². The van der Waals surface area contributed by atoms with Crippen LogP contribution in [-0.4, -0.2) is 17.2 Å². The van der Waals surface area contributed by atoms with Gasteiger partial charge in [-0.1, -0.05) is 60.7 Å². The van der Waals surface area contributed by atoms with Crippen LogP contribution in [0.3, 0.4) is 0 Å². The van der Waals surface area contributed by atoms with E-state index in [9.17, 15) is 0 Å². The molecule has 0 aliphatic heterocycles. The van der Waals surface area contributed by atoms with Crippen molar-refractivity contribution in [3.05, 3.63) is 71.8 Å². The lowest BCUT2D eigenvalue weighted by Gasteiger charge is -2.40. The highest BCUT2D eigenvalue weighted by Crippen LogP contribution is 2.31. The topological polar surface area (TPSA) is 41.3 Å². The Hall–Kier alpha value is -1.68. The van der Waals surface area contributed by atoms with Crippen LogP contribution in [0.1, 0.15) is 50.9 Å². The third-order valence-corrected chi connectivity index (χ3v) is 4.41. The van der Waals surface area contributed by atoms with Crippen molar-refractivity contribution in [2.45, 2.75) is 52.1 Å². The van der Waals surface area contributed by atoms with Gasteiger partial charge >= 0.3 is 0 Å². The Kier molecular flexibility index (Phi) is 6.34. The molecule has 0 aliphatic rings. The van der Waals surface area contributed by atoms with E-state index in [1.165, 1.54) is 11.1 Å². The molecule has 0 radical (unpaired) electrons. The van der Waals surface area contributed by atoms with Crippen molar-refractivity contribution >= 4 is 0 Å². The Morgan fingerprint density at radius 3 is 1.48 bits per heavy atom. The van der Waals surface area contributed by atoms with Crippen molar-refractivity contribution in [2.75, 3.05) is 0 Å². The maximum Gasteiger partial charge on any atom is 0.0590 e. The molecular weight excluding hydrogens is 282 g/mol. The smallest absolute Gasteiger partial charge is 0.0590 e. The molecule has 0 fully saturated rings. The zero-order chi connectivity index (χ0) is 16.8. The Morgan fingerprint density at radius 2 is 1.13 bits per heavy atom. The first-order chi connectivity index (χ1) is 11.0. The standard InChI is InChI=1S/C20H29N3/c1-15(19-11-7-5-8-12-19)23(18(4)22-17(3)21)16(2)20-13-9-6-10-14-20/h5-18,22H,21H2,1-4H3. The van der Waals surface area contributed by atoms with Crippen LogP contribution in [0.2, 0.25) is 0 Å². The first-order valence-electron chi connectivity index (χ1n) is 8.39. The van der Waals surface area contributed by atoms with Gasteiger partial charge in [0.1, 0.15) is 0 Å². The van der Waals surface area contributed by atoms with Crippen LogP contribution < -0.4 is 11.1 Å². The first kappa shape index (κ1) is 17.7. The molecule has 3 N–H and O–H groups in total. The number of nitrogens with two attached hydrogens (primary N) is 1. The molecule has 2 aromatic carbocycles. The Labute approximate surface area is 140 Å². The predicted molar refractivity (Wildman–Crippen MR) is 97.8 cm³/mol. The minimum atomic E-state index is -0.0431. The molecule has 0 saturated carbocycles. The fourth-order valence-corrected chi connectivity index (χ4v) is 3.28. The summed E-state index contributed by atoms with van der Waals surface area (Å²) in [4.78, 5) is 2.48. The van der Waals surface area contributed by atoms with Gasteiger partial charge in [0, 0.05) is 12.1 Å². The fraction of sp³-hybridized carbons (Fsp3) is 0.400. The number of nitrogens with zero attached hydrogens (tertiary/aromatic N) is 1. The highest BCUT2D eigenvalue weighted by atomic mass is 15.3. The van der Waals surface area contributed by atoms with E-state index in [0.717, 1.165) is 0 Å². The van der Waals surface area contributed by atoms with Crippen LogP contribution in [0.15, 0.2) is 60.7 Å². The van der Waals surface area contributed by atoms with E-state index >= 15 is 0 Å². The number of hydrogen-bond donors (Lipinski definition) is 2. The van der Waals surface area contributed by atoms with E-state index in [1.54, 1.807) is 0 Å². The van der Waals surface area contributed by atoms with E-state index in [2.05, 4.69) is 91.7 Å². The predicted octanol–water partition coefficient (Wildman–Crippen LogP) is 4.05. The lowest BCUT2D eigenvalue weighted by atomic mass is 10.0. The Morgan fingerprint density at radius 1 is 0.739 bits per heavy atom. The second-order valence-electron chi connectivity index (χ2n) is 6.25. The number of benzene rings is 2. The summed E-state index contributed by atoms with van der Waals surface area (Å²) >= 11 is 0. The molecule has 0 amide bonds. The van der Waals surface area contributed by atoms with Gasteiger partial charge in [0.15, 0.2) is 0 Å². The summed E-state index contributed by atoms with van der Waals surface area (Å²) in [6.45, 7) is 8.68. The van der Waals surface area contributed by atoms with Crippen LogP contribution in [0.25, 0.3) is 0 Å². The van der Waals surface area contributed by atoms with Crippen molar-refractivity contribution in [3.8, 4) is 0 Å². The number of rotatable bonds is 7. The Bertz CT molecular complexity index is 522. The summed E-state index contributed by atoms with van der Waals surface area (Å²) in [5.41, 5.74) is 8.60. The fourth-order valence-electron chi connectivity index (χ4n) is 3.28. The molecule has 0 heterocycles. The normalized spacial score (nSPS) is 16.8. The van der Waals surface area contributed by atoms with Gasteiger partial charge in [0.05, 0.1) is 12.3 Å². The van der Waals surface area contributed by atoms with Gasteiger partial charge in [0.25, 0.3) is 0 Å². The SMILES string of the molecule is CC(N)NC(C)N(C(C)c1ccccc1)C(C)c1ccccc1. The average Bonchev–Trinajstić information content (AvgIpc) is 2.55. The summed E-state index contributed by atoms with van der Waals surface area (Å²) in [6, 6.07) is 21.8. The van der Waals surface area contributed by atoms with Gasteiger partial charge in [-0.05, 0) is 38.8 Å². The second-order valence-corrected chi connectivity index (χ2v) is 6.25. The monoisotopic (exact) mass is 311 g/mol. The van der Waals surface area contributed by atoms with Gasteiger partial charge in [-0.15, -0.1) is 0 Å². The molecular formula is C20H29N3. The lowest BCUT2D eigenvalue weighted by Crippen LogP contribution is -2.51. The third-order valence-electron chi connectivity index (χ3n) is 4.41. The lowest BCUT2D eigenvalue weighted by molar-refractivity contribution is 0.0768. The number of hydrogen-bond acceptors (Lipinski definition) is 3. The largest absolute Gasteiger partial charge is 0.316 e. The van der Waals surface area contributed by atoms with E-state index in [4.69, 9.17) is 5.73 Å². The maximum atomic E-state index is 5.97. The van der Waals surface area contributed by atoms with Crippen LogP contribution >= 0.6 is 0 Å². The first-order valence-corrected chi connectivity index (χ1v) is 8.39. The van der Waals surface area contributed by atoms with Crippen LogP contribution in [0.4, 0.5) is 0 Å². The summed E-state index contributed by atoms with van der Waals surface area (Å²) in [7, 11) is 0. The highest BCUT2D eigenvalue weighted by Gasteiger charge is 2.27. The third kappa shape index (κ3) is 4.64. The molecule has 0 saturated heterocycles. The molecule has 3 nitrogen and oxygen atoms in total. The van der Waals surface area contributed by atoms with Crippen molar-refractivity contribution in [2.24, 2.45) is 5.73 Å². The van der Waals surface area contributed by atoms with Gasteiger partial charge < -0.3 is 5.73 Å². The van der Waals surface area contributed by atoms with Gasteiger partial charge in [0.2, 0.25) is 0 Å². The quantitative estimate of drug-likeness (QED) is 0.758. The van der Waals surface area contributed by atoms with Gasteiger partial charge in [-0.3, -0.25) is 10.2 Å². The molecule has 0 spiro atoms. The van der Waals surface area contributed by atoms with E-state index in [-0.39, 0.29) is 24.4 Å². The van der Waals surface area contributed by atoms with Crippen molar-refractivity contribution in [1.29, 1.82) is 0 Å². The average molecular weight is 311 g/mol. The summed E-state index contributed by atoms with van der Waals surface area (Å²) in [5.74, 6) is 0. The van der Waals surface area contributed by atoms with Crippen molar-refractivity contribution in [3.63, 3.8) is 0 Å². The van der Waals surface area contributed by atoms with Crippen LogP contribution in [0.5, 0.6) is 0 Å². The van der Waals surface area contributed by atoms with E-state index in [1.807, 2.05) is 6.92 Å². The van der Waals surface area contributed by atoms with Gasteiger partial charge in [-0.2, -0.15) is 0 Å². The zero-order valence-electron chi connectivity index (χ0n) is 14.6. The summed E-state index contributed by atoms with van der Waals surface area (Å²) in [5, 5.41) is 3.45. The summed E-state index contributed by atoms with van der Waals surface area (Å²) in [6.07, 6.45) is 0.124. The summed E-state index contributed by atoms with van der Waals surface area (Å²) < 4.78 is 0.